The van der Waals surface area contributed by atoms with E-state index in [0.717, 1.165) is 0 Å². The van der Waals surface area contributed by atoms with Crippen molar-refractivity contribution in [3.63, 3.8) is 0 Å². The van der Waals surface area contributed by atoms with Crippen molar-refractivity contribution < 1.29 is 31.1 Å². The number of carbonyl (C=O) groups excluding carboxylic acids is 1. The Labute approximate surface area is 128 Å². The summed E-state index contributed by atoms with van der Waals surface area (Å²) in [5.74, 6) is -0.705. The smallest absolute Gasteiger partial charge is 0.374 e. The molecule has 1 amide bonds. The first-order valence-corrected chi connectivity index (χ1v) is 6.81. The molecule has 1 aliphatic rings. The number of halogens is 6. The minimum Gasteiger partial charge on any atom is -0.374 e. The second kappa shape index (κ2) is 6.29. The van der Waals surface area contributed by atoms with Gasteiger partial charge in [-0.3, -0.25) is 4.79 Å². The van der Waals surface area contributed by atoms with Gasteiger partial charge in [0.1, 0.15) is 12.6 Å². The van der Waals surface area contributed by atoms with Crippen LogP contribution >= 0.6 is 0 Å². The highest BCUT2D eigenvalue weighted by molar-refractivity contribution is 5.86. The number of nitrogens with one attached hydrogen (secondary N) is 1. The van der Waals surface area contributed by atoms with Crippen LogP contribution in [0.15, 0.2) is 24.3 Å². The molecule has 1 heterocycles. The van der Waals surface area contributed by atoms with Crippen molar-refractivity contribution in [3.8, 4) is 0 Å². The van der Waals surface area contributed by atoms with Crippen LogP contribution in [-0.2, 0) is 11.2 Å². The van der Waals surface area contributed by atoms with Gasteiger partial charge in [-0.15, -0.1) is 0 Å². The summed E-state index contributed by atoms with van der Waals surface area (Å²) in [5.41, 5.74) is 0.291. The van der Waals surface area contributed by atoms with Gasteiger partial charge in [0.25, 0.3) is 0 Å². The monoisotopic (exact) mass is 340 g/mol. The molecular formula is C14H14F6N2O. The number of amides is 1. The molecule has 1 saturated heterocycles. The number of nitrogens with zero attached hydrogens (tertiary/aromatic N) is 1. The van der Waals surface area contributed by atoms with E-state index in [2.05, 4.69) is 5.32 Å². The van der Waals surface area contributed by atoms with Gasteiger partial charge in [-0.05, 0) is 24.1 Å². The zero-order valence-electron chi connectivity index (χ0n) is 11.8. The molecule has 0 aromatic heterocycles. The highest BCUT2D eigenvalue weighted by Crippen LogP contribution is 2.25. The molecule has 128 valence electrons. The summed E-state index contributed by atoms with van der Waals surface area (Å²) in [6.07, 6.45) is -9.78. The summed E-state index contributed by atoms with van der Waals surface area (Å²) in [6, 6.07) is 4.55. The first-order valence-electron chi connectivity index (χ1n) is 6.81. The van der Waals surface area contributed by atoms with E-state index in [0.29, 0.717) is 4.90 Å². The lowest BCUT2D eigenvalue weighted by Gasteiger charge is -2.19. The molecule has 9 heteroatoms. The molecule has 1 atom stereocenters. The van der Waals surface area contributed by atoms with E-state index in [9.17, 15) is 31.1 Å². The molecule has 23 heavy (non-hydrogen) atoms. The zero-order valence-corrected chi connectivity index (χ0v) is 11.8. The van der Waals surface area contributed by atoms with Gasteiger partial charge in [0.2, 0.25) is 5.91 Å². The van der Waals surface area contributed by atoms with E-state index < -0.39 is 37.3 Å². The lowest BCUT2D eigenvalue weighted by atomic mass is 10.1. The summed E-state index contributed by atoms with van der Waals surface area (Å²) >= 11 is 0. The number of carbonyl (C=O) groups is 1. The average molecular weight is 340 g/mol. The highest BCUT2D eigenvalue weighted by Gasteiger charge is 2.39. The Balaban J connectivity index is 2.00. The third kappa shape index (κ3) is 5.33. The maximum Gasteiger partial charge on any atom is 0.406 e. The van der Waals surface area contributed by atoms with Gasteiger partial charge in [-0.1, -0.05) is 12.1 Å². The van der Waals surface area contributed by atoms with Crippen LogP contribution in [0.1, 0.15) is 12.0 Å². The average Bonchev–Trinajstić information content (AvgIpc) is 2.68. The topological polar surface area (TPSA) is 32.3 Å². The molecule has 1 aromatic carbocycles. The van der Waals surface area contributed by atoms with Crippen LogP contribution in [0.4, 0.5) is 32.0 Å². The first-order chi connectivity index (χ1) is 10.5. The Kier molecular flexibility index (Phi) is 4.76. The van der Waals surface area contributed by atoms with Crippen LogP contribution in [-0.4, -0.2) is 42.3 Å². The molecule has 1 aromatic rings. The summed E-state index contributed by atoms with van der Waals surface area (Å²) in [4.78, 5) is 12.6. The quantitative estimate of drug-likeness (QED) is 0.853. The Morgan fingerprint density at radius 2 is 1.83 bits per heavy atom. The second-order valence-electron chi connectivity index (χ2n) is 5.35. The maximum absolute atomic E-state index is 12.4. The van der Waals surface area contributed by atoms with Crippen LogP contribution in [0, 0.1) is 0 Å². The first kappa shape index (κ1) is 17.4. The van der Waals surface area contributed by atoms with Crippen molar-refractivity contribution in [1.29, 1.82) is 0 Å². The van der Waals surface area contributed by atoms with E-state index in [-0.39, 0.29) is 24.2 Å². The third-order valence-electron chi connectivity index (χ3n) is 3.34. The molecule has 1 fully saturated rings. The minimum absolute atomic E-state index is 0.0140. The Bertz CT molecular complexity index is 569. The number of likely N-dealkylation sites (tertiary alicyclic amines) is 1. The van der Waals surface area contributed by atoms with Crippen molar-refractivity contribution in [2.75, 3.05) is 18.4 Å². The van der Waals surface area contributed by atoms with Crippen molar-refractivity contribution in [2.24, 2.45) is 0 Å². The number of hydrogen-bond donors (Lipinski definition) is 1. The van der Waals surface area contributed by atoms with Gasteiger partial charge >= 0.3 is 12.4 Å². The second-order valence-corrected chi connectivity index (χ2v) is 5.35. The maximum atomic E-state index is 12.4. The Morgan fingerprint density at radius 1 is 1.13 bits per heavy atom. The predicted octanol–water partition coefficient (Wildman–Crippen LogP) is 3.37. The SMILES string of the molecule is O=C1C(Nc2cccc(CC(F)(F)F)c2)CCN1CC(F)(F)F. The van der Waals surface area contributed by atoms with Crippen molar-refractivity contribution >= 4 is 11.6 Å². The fourth-order valence-electron chi connectivity index (χ4n) is 2.45. The fraction of sp³-hybridized carbons (Fsp3) is 0.500. The van der Waals surface area contributed by atoms with Crippen LogP contribution in [0.3, 0.4) is 0 Å². The van der Waals surface area contributed by atoms with E-state index in [1.54, 1.807) is 0 Å². The summed E-state index contributed by atoms with van der Waals surface area (Å²) in [6.45, 7) is -1.36. The van der Waals surface area contributed by atoms with Crippen LogP contribution in [0.2, 0.25) is 0 Å². The fourth-order valence-corrected chi connectivity index (χ4v) is 2.45. The molecule has 0 aliphatic carbocycles. The molecule has 0 saturated carbocycles. The van der Waals surface area contributed by atoms with Crippen LogP contribution in [0.5, 0.6) is 0 Å². The van der Waals surface area contributed by atoms with Crippen LogP contribution < -0.4 is 5.32 Å². The van der Waals surface area contributed by atoms with Gasteiger partial charge < -0.3 is 10.2 Å². The predicted molar refractivity (Wildman–Crippen MR) is 70.9 cm³/mol. The molecule has 1 unspecified atom stereocenters. The van der Waals surface area contributed by atoms with Gasteiger partial charge in [0.15, 0.2) is 0 Å². The normalized spacial score (nSPS) is 19.3. The van der Waals surface area contributed by atoms with Crippen LogP contribution in [0.25, 0.3) is 0 Å². The zero-order chi connectivity index (χ0) is 17.3. The van der Waals surface area contributed by atoms with Crippen molar-refractivity contribution in [1.82, 2.24) is 4.90 Å². The summed E-state index contributed by atoms with van der Waals surface area (Å²) < 4.78 is 74.1. The molecule has 1 aliphatic heterocycles. The molecular weight excluding hydrogens is 326 g/mol. The van der Waals surface area contributed by atoms with E-state index in [1.165, 1.54) is 24.3 Å². The van der Waals surface area contributed by atoms with Gasteiger partial charge in [0, 0.05) is 12.2 Å². The lowest BCUT2D eigenvalue weighted by molar-refractivity contribution is -0.157. The molecule has 2 rings (SSSR count). The minimum atomic E-state index is -4.48. The lowest BCUT2D eigenvalue weighted by Crippen LogP contribution is -2.39. The van der Waals surface area contributed by atoms with Gasteiger partial charge in [0.05, 0.1) is 6.42 Å². The van der Waals surface area contributed by atoms with Crippen molar-refractivity contribution in [3.05, 3.63) is 29.8 Å². The Morgan fingerprint density at radius 3 is 2.43 bits per heavy atom. The molecule has 0 bridgehead atoms. The molecule has 1 N–H and O–H groups in total. The highest BCUT2D eigenvalue weighted by atomic mass is 19.4. The number of benzene rings is 1. The number of alkyl halides is 6. The summed E-state index contributed by atoms with van der Waals surface area (Å²) in [5, 5.41) is 2.71. The van der Waals surface area contributed by atoms with E-state index in [1.807, 2.05) is 0 Å². The summed E-state index contributed by atoms with van der Waals surface area (Å²) in [7, 11) is 0. The van der Waals surface area contributed by atoms with Gasteiger partial charge in [-0.25, -0.2) is 0 Å². The number of anilines is 1. The molecule has 3 nitrogen and oxygen atoms in total. The third-order valence-corrected chi connectivity index (χ3v) is 3.34. The molecule has 0 spiro atoms. The Hall–Kier alpha value is -1.93. The van der Waals surface area contributed by atoms with Crippen molar-refractivity contribution in [2.45, 2.75) is 31.2 Å². The number of rotatable bonds is 4. The van der Waals surface area contributed by atoms with Gasteiger partial charge in [-0.2, -0.15) is 26.3 Å². The molecule has 0 radical (unpaired) electrons. The van der Waals surface area contributed by atoms with E-state index in [4.69, 9.17) is 0 Å². The van der Waals surface area contributed by atoms with E-state index >= 15 is 0 Å². The number of hydrogen-bond acceptors (Lipinski definition) is 2. The standard InChI is InChI=1S/C14H14F6N2O/c15-13(16,17)7-9-2-1-3-10(6-9)21-11-4-5-22(12(11)23)8-14(18,19)20/h1-3,6,11,21H,4-5,7-8H2. The largest absolute Gasteiger partial charge is 0.406 e.